The number of carbonyl (C=O) groups is 1. The summed E-state index contributed by atoms with van der Waals surface area (Å²) in [6.45, 7) is 0.449. The molecule has 0 atom stereocenters. The van der Waals surface area contributed by atoms with Gasteiger partial charge in [0.1, 0.15) is 5.69 Å². The van der Waals surface area contributed by atoms with E-state index in [1.165, 1.54) is 12.4 Å². The molecule has 2 heterocycles. The Morgan fingerprint density at radius 3 is 3.12 bits per heavy atom. The molecule has 0 unspecified atom stereocenters. The number of aromatic amines is 1. The van der Waals surface area contributed by atoms with Gasteiger partial charge >= 0.3 is 0 Å². The number of hydrogen-bond acceptors (Lipinski definition) is 4. The maximum Gasteiger partial charge on any atom is 0.270 e. The number of hydrogen-bond donors (Lipinski definition) is 2. The van der Waals surface area contributed by atoms with Gasteiger partial charge in [-0.05, 0) is 11.4 Å². The maximum absolute atomic E-state index is 11.6. The van der Waals surface area contributed by atoms with Crippen molar-refractivity contribution >= 4 is 17.2 Å². The molecule has 2 aromatic heterocycles. The Bertz CT molecular complexity index is 533. The summed E-state index contributed by atoms with van der Waals surface area (Å²) >= 11 is 1.56. The van der Waals surface area contributed by atoms with E-state index in [4.69, 9.17) is 0 Å². The average Bonchev–Trinajstić information content (AvgIpc) is 2.78. The van der Waals surface area contributed by atoms with Crippen molar-refractivity contribution in [2.75, 3.05) is 0 Å². The maximum atomic E-state index is 11.6. The second kappa shape index (κ2) is 4.71. The van der Waals surface area contributed by atoms with Gasteiger partial charge in [0.05, 0.1) is 12.9 Å². The first-order valence-electron chi connectivity index (χ1n) is 4.61. The van der Waals surface area contributed by atoms with E-state index < -0.39 is 0 Å². The quantitative estimate of drug-likeness (QED) is 0.824. The molecular formula is C10H9N3O2S. The fourth-order valence-corrected chi connectivity index (χ4v) is 1.81. The molecule has 5 nitrogen and oxygen atoms in total. The van der Waals surface area contributed by atoms with Crippen LogP contribution in [-0.2, 0) is 6.54 Å². The highest BCUT2D eigenvalue weighted by molar-refractivity contribution is 7.09. The lowest BCUT2D eigenvalue weighted by Gasteiger charge is -2.01. The molecule has 0 saturated carbocycles. The van der Waals surface area contributed by atoms with Gasteiger partial charge in [0.15, 0.2) is 0 Å². The minimum atomic E-state index is -0.348. The van der Waals surface area contributed by atoms with Crippen LogP contribution >= 0.6 is 11.3 Å². The van der Waals surface area contributed by atoms with Gasteiger partial charge in [0, 0.05) is 10.9 Å². The number of H-pyrrole nitrogens is 1. The molecule has 0 saturated heterocycles. The SMILES string of the molecule is O=C(NCc1cccs1)c1cc(=O)[nH]cn1. The third-order valence-corrected chi connectivity index (χ3v) is 2.79. The minimum Gasteiger partial charge on any atom is -0.346 e. The number of thiophene rings is 1. The van der Waals surface area contributed by atoms with E-state index in [9.17, 15) is 9.59 Å². The number of amides is 1. The van der Waals surface area contributed by atoms with E-state index in [1.54, 1.807) is 11.3 Å². The molecule has 0 radical (unpaired) electrons. The van der Waals surface area contributed by atoms with E-state index in [-0.39, 0.29) is 17.2 Å². The van der Waals surface area contributed by atoms with Crippen LogP contribution in [0.3, 0.4) is 0 Å². The van der Waals surface area contributed by atoms with Gasteiger partial charge in [-0.15, -0.1) is 11.3 Å². The second-order valence-electron chi connectivity index (χ2n) is 3.06. The van der Waals surface area contributed by atoms with Crippen LogP contribution < -0.4 is 10.9 Å². The molecule has 0 aromatic carbocycles. The van der Waals surface area contributed by atoms with Crippen molar-refractivity contribution in [2.45, 2.75) is 6.54 Å². The summed E-state index contributed by atoms with van der Waals surface area (Å²) < 4.78 is 0. The second-order valence-corrected chi connectivity index (χ2v) is 4.09. The number of carbonyl (C=O) groups excluding carboxylic acids is 1. The Balaban J connectivity index is 2.01. The Hall–Kier alpha value is -1.95. The molecule has 0 bridgehead atoms. The predicted octanol–water partition coefficient (Wildman–Crippen LogP) is 0.761. The van der Waals surface area contributed by atoms with Crippen LogP contribution in [0.1, 0.15) is 15.4 Å². The van der Waals surface area contributed by atoms with E-state index in [2.05, 4.69) is 15.3 Å². The molecular weight excluding hydrogens is 226 g/mol. The van der Waals surface area contributed by atoms with Crippen molar-refractivity contribution < 1.29 is 4.79 Å². The summed E-state index contributed by atoms with van der Waals surface area (Å²) in [6.07, 6.45) is 1.21. The summed E-state index contributed by atoms with van der Waals surface area (Å²) in [5.41, 5.74) is -0.212. The Labute approximate surface area is 95.2 Å². The van der Waals surface area contributed by atoms with Crippen LogP contribution in [0.2, 0.25) is 0 Å². The molecule has 0 aliphatic rings. The van der Waals surface area contributed by atoms with E-state index in [0.29, 0.717) is 6.54 Å². The third-order valence-electron chi connectivity index (χ3n) is 1.91. The fourth-order valence-electron chi connectivity index (χ4n) is 1.16. The van der Waals surface area contributed by atoms with Crippen LogP contribution in [0, 0.1) is 0 Å². The van der Waals surface area contributed by atoms with E-state index in [1.807, 2.05) is 17.5 Å². The first-order chi connectivity index (χ1) is 7.75. The average molecular weight is 235 g/mol. The Morgan fingerprint density at radius 2 is 2.44 bits per heavy atom. The molecule has 0 aliphatic carbocycles. The van der Waals surface area contributed by atoms with Crippen LogP contribution in [-0.4, -0.2) is 15.9 Å². The Morgan fingerprint density at radius 1 is 1.56 bits per heavy atom. The summed E-state index contributed by atoms with van der Waals surface area (Å²) in [5, 5.41) is 4.62. The van der Waals surface area contributed by atoms with Crippen LogP contribution in [0.15, 0.2) is 34.7 Å². The van der Waals surface area contributed by atoms with Gasteiger partial charge in [-0.25, -0.2) is 4.98 Å². The monoisotopic (exact) mass is 235 g/mol. The molecule has 2 aromatic rings. The summed E-state index contributed by atoms with van der Waals surface area (Å²) in [6, 6.07) is 5.01. The lowest BCUT2D eigenvalue weighted by molar-refractivity contribution is 0.0946. The van der Waals surface area contributed by atoms with Crippen molar-refractivity contribution in [1.82, 2.24) is 15.3 Å². The minimum absolute atomic E-state index is 0.125. The van der Waals surface area contributed by atoms with Gasteiger partial charge in [0.25, 0.3) is 11.5 Å². The van der Waals surface area contributed by atoms with Crippen molar-refractivity contribution in [2.24, 2.45) is 0 Å². The van der Waals surface area contributed by atoms with Crippen LogP contribution in [0.5, 0.6) is 0 Å². The number of aromatic nitrogens is 2. The lowest BCUT2D eigenvalue weighted by Crippen LogP contribution is -2.25. The van der Waals surface area contributed by atoms with Gasteiger partial charge in [0.2, 0.25) is 0 Å². The van der Waals surface area contributed by atoms with Crippen molar-refractivity contribution in [3.8, 4) is 0 Å². The largest absolute Gasteiger partial charge is 0.346 e. The zero-order valence-corrected chi connectivity index (χ0v) is 9.08. The van der Waals surface area contributed by atoms with Gasteiger partial charge in [-0.2, -0.15) is 0 Å². The van der Waals surface area contributed by atoms with Gasteiger partial charge in [-0.1, -0.05) is 6.07 Å². The first-order valence-corrected chi connectivity index (χ1v) is 5.49. The van der Waals surface area contributed by atoms with E-state index in [0.717, 1.165) is 4.88 Å². The molecule has 82 valence electrons. The molecule has 1 amide bonds. The molecule has 6 heteroatoms. The number of nitrogens with one attached hydrogen (secondary N) is 2. The van der Waals surface area contributed by atoms with Crippen molar-refractivity contribution in [3.05, 3.63) is 50.8 Å². The molecule has 2 rings (SSSR count). The van der Waals surface area contributed by atoms with Crippen LogP contribution in [0.25, 0.3) is 0 Å². The van der Waals surface area contributed by atoms with Crippen LogP contribution in [0.4, 0.5) is 0 Å². The molecule has 0 fully saturated rings. The highest BCUT2D eigenvalue weighted by Gasteiger charge is 2.07. The predicted molar refractivity (Wildman–Crippen MR) is 60.3 cm³/mol. The standard InChI is InChI=1S/C10H9N3O2S/c14-9-4-8(12-6-13-9)10(15)11-5-7-2-1-3-16-7/h1-4,6H,5H2,(H,11,15)(H,12,13,14). The highest BCUT2D eigenvalue weighted by Crippen LogP contribution is 2.07. The zero-order chi connectivity index (χ0) is 11.4. The normalized spacial score (nSPS) is 10.0. The first kappa shape index (κ1) is 10.6. The molecule has 16 heavy (non-hydrogen) atoms. The number of rotatable bonds is 3. The molecule has 0 spiro atoms. The van der Waals surface area contributed by atoms with Crippen molar-refractivity contribution in [3.63, 3.8) is 0 Å². The smallest absolute Gasteiger partial charge is 0.270 e. The summed E-state index contributed by atoms with van der Waals surface area (Å²) in [5.74, 6) is -0.348. The third kappa shape index (κ3) is 2.54. The summed E-state index contributed by atoms with van der Waals surface area (Å²) in [4.78, 5) is 29.7. The zero-order valence-electron chi connectivity index (χ0n) is 8.27. The Kier molecular flexibility index (Phi) is 3.11. The molecule has 2 N–H and O–H groups in total. The van der Waals surface area contributed by atoms with Crippen molar-refractivity contribution in [1.29, 1.82) is 0 Å². The molecule has 0 aliphatic heterocycles. The topological polar surface area (TPSA) is 74.8 Å². The fraction of sp³-hybridized carbons (Fsp3) is 0.100. The highest BCUT2D eigenvalue weighted by atomic mass is 32.1. The van der Waals surface area contributed by atoms with E-state index >= 15 is 0 Å². The van der Waals surface area contributed by atoms with Gasteiger partial charge in [-0.3, -0.25) is 9.59 Å². The summed E-state index contributed by atoms with van der Waals surface area (Å²) in [7, 11) is 0. The number of nitrogens with zero attached hydrogens (tertiary/aromatic N) is 1. The van der Waals surface area contributed by atoms with Gasteiger partial charge < -0.3 is 10.3 Å². The lowest BCUT2D eigenvalue weighted by atomic mass is 10.3.